The number of ether oxygens (including phenoxy) is 1. The molecule has 3 aliphatic rings. The van der Waals surface area contributed by atoms with Crippen molar-refractivity contribution in [3.05, 3.63) is 0 Å². The number of carbonyl (C=O) groups is 1. The SMILES string of the molecule is C[C@@H]1C[C@H]2C[C@H](O)[C@@]3(O)CCCN(C(=O)OC(C)(C)C)CCC[C@]23[C@@H](O[Si](C)(C)C)C1. The van der Waals surface area contributed by atoms with Crippen molar-refractivity contribution in [2.75, 3.05) is 13.1 Å². The summed E-state index contributed by atoms with van der Waals surface area (Å²) < 4.78 is 12.4. The van der Waals surface area contributed by atoms with Crippen molar-refractivity contribution in [1.82, 2.24) is 4.90 Å². The highest BCUT2D eigenvalue weighted by atomic mass is 28.4. The fourth-order valence-electron chi connectivity index (χ4n) is 6.63. The first kappa shape index (κ1) is 25.0. The standard InChI is InChI=1S/C24H45NO5Si/c1-17-14-18-16-19(26)24(28)11-9-13-25(21(27)29-22(2,3)4)12-8-10-23(18,24)20(15-17)30-31(5,6)7/h17-20,26,28H,8-16H2,1-7H3/t17-,18+,19+,20+,23-,24+/m1/s1. The molecule has 0 radical (unpaired) electrons. The molecule has 1 saturated heterocycles. The fraction of sp³-hybridized carbons (Fsp3) is 0.958. The minimum atomic E-state index is -1.85. The summed E-state index contributed by atoms with van der Waals surface area (Å²) in [5, 5.41) is 23.3. The molecule has 6 atom stereocenters. The maximum atomic E-state index is 12.7. The van der Waals surface area contributed by atoms with Crippen LogP contribution in [0.1, 0.15) is 72.6 Å². The van der Waals surface area contributed by atoms with Gasteiger partial charge in [0.2, 0.25) is 0 Å². The van der Waals surface area contributed by atoms with Gasteiger partial charge in [0.1, 0.15) is 5.60 Å². The quantitative estimate of drug-likeness (QED) is 0.597. The van der Waals surface area contributed by atoms with Crippen LogP contribution in [0.15, 0.2) is 0 Å². The smallest absolute Gasteiger partial charge is 0.410 e. The van der Waals surface area contributed by atoms with E-state index in [1.54, 1.807) is 4.90 Å². The van der Waals surface area contributed by atoms with Crippen molar-refractivity contribution in [2.45, 2.75) is 116 Å². The Labute approximate surface area is 189 Å². The summed E-state index contributed by atoms with van der Waals surface area (Å²) in [5.41, 5.74) is -2.13. The Morgan fingerprint density at radius 2 is 1.68 bits per heavy atom. The molecule has 31 heavy (non-hydrogen) atoms. The first-order chi connectivity index (χ1) is 14.2. The number of amides is 1. The molecule has 7 heteroatoms. The zero-order chi connectivity index (χ0) is 23.2. The van der Waals surface area contributed by atoms with E-state index in [1.807, 2.05) is 20.8 Å². The minimum absolute atomic E-state index is 0.0388. The number of aliphatic hydroxyl groups is 2. The molecule has 1 heterocycles. The molecular formula is C24H45NO5Si. The molecule has 2 N–H and O–H groups in total. The van der Waals surface area contributed by atoms with Crippen molar-refractivity contribution < 1.29 is 24.2 Å². The molecule has 3 fully saturated rings. The van der Waals surface area contributed by atoms with Crippen molar-refractivity contribution in [2.24, 2.45) is 17.3 Å². The zero-order valence-corrected chi connectivity index (χ0v) is 21.7. The first-order valence-electron chi connectivity index (χ1n) is 12.2. The summed E-state index contributed by atoms with van der Waals surface area (Å²) in [4.78, 5) is 14.5. The third-order valence-electron chi connectivity index (χ3n) is 7.62. The lowest BCUT2D eigenvalue weighted by atomic mass is 9.55. The van der Waals surface area contributed by atoms with Crippen LogP contribution >= 0.6 is 0 Å². The number of nitrogens with zero attached hydrogens (tertiary/aromatic N) is 1. The van der Waals surface area contributed by atoms with Crippen LogP contribution in [0.2, 0.25) is 19.6 Å². The molecule has 1 aliphatic heterocycles. The normalized spacial score (nSPS) is 39.7. The first-order valence-corrected chi connectivity index (χ1v) is 15.6. The van der Waals surface area contributed by atoms with Crippen LogP contribution in [0.3, 0.4) is 0 Å². The van der Waals surface area contributed by atoms with Crippen molar-refractivity contribution in [3.8, 4) is 0 Å². The van der Waals surface area contributed by atoms with Crippen LogP contribution < -0.4 is 0 Å². The summed E-state index contributed by atoms with van der Waals surface area (Å²) >= 11 is 0. The van der Waals surface area contributed by atoms with Gasteiger partial charge in [0.15, 0.2) is 8.32 Å². The lowest BCUT2D eigenvalue weighted by molar-refractivity contribution is -0.192. The van der Waals surface area contributed by atoms with E-state index in [2.05, 4.69) is 26.6 Å². The van der Waals surface area contributed by atoms with Gasteiger partial charge in [0, 0.05) is 18.5 Å². The van der Waals surface area contributed by atoms with E-state index in [0.717, 1.165) is 25.7 Å². The lowest BCUT2D eigenvalue weighted by Crippen LogP contribution is -2.62. The Kier molecular flexibility index (Phi) is 6.95. The van der Waals surface area contributed by atoms with Gasteiger partial charge in [-0.2, -0.15) is 0 Å². The largest absolute Gasteiger partial charge is 0.444 e. The highest BCUT2D eigenvalue weighted by Crippen LogP contribution is 2.63. The van der Waals surface area contributed by atoms with Gasteiger partial charge >= 0.3 is 6.09 Å². The van der Waals surface area contributed by atoms with Gasteiger partial charge in [0.05, 0.1) is 17.8 Å². The molecule has 0 aromatic carbocycles. The lowest BCUT2D eigenvalue weighted by Gasteiger charge is -2.56. The summed E-state index contributed by atoms with van der Waals surface area (Å²) in [6, 6.07) is 0. The van der Waals surface area contributed by atoms with Crippen LogP contribution in [0.25, 0.3) is 0 Å². The van der Waals surface area contributed by atoms with E-state index in [0.29, 0.717) is 38.3 Å². The van der Waals surface area contributed by atoms with Crippen LogP contribution in [0, 0.1) is 17.3 Å². The van der Waals surface area contributed by atoms with Crippen LogP contribution in [-0.4, -0.2) is 66.0 Å². The van der Waals surface area contributed by atoms with Gasteiger partial charge in [-0.05, 0) is 97.2 Å². The Morgan fingerprint density at radius 1 is 1.06 bits per heavy atom. The predicted octanol–water partition coefficient (Wildman–Crippen LogP) is 4.55. The second-order valence-corrected chi connectivity index (χ2v) is 16.8. The van der Waals surface area contributed by atoms with Crippen LogP contribution in [-0.2, 0) is 9.16 Å². The van der Waals surface area contributed by atoms with Crippen molar-refractivity contribution in [3.63, 3.8) is 0 Å². The second-order valence-electron chi connectivity index (χ2n) is 12.4. The van der Waals surface area contributed by atoms with Crippen molar-refractivity contribution in [1.29, 1.82) is 0 Å². The van der Waals surface area contributed by atoms with E-state index in [-0.39, 0.29) is 18.1 Å². The molecule has 0 aromatic heterocycles. The Morgan fingerprint density at radius 3 is 2.26 bits per heavy atom. The van der Waals surface area contributed by atoms with Crippen LogP contribution in [0.4, 0.5) is 4.79 Å². The summed E-state index contributed by atoms with van der Waals surface area (Å²) in [5.74, 6) is 0.781. The van der Waals surface area contributed by atoms with E-state index >= 15 is 0 Å². The highest BCUT2D eigenvalue weighted by molar-refractivity contribution is 6.69. The predicted molar refractivity (Wildman–Crippen MR) is 124 cm³/mol. The van der Waals surface area contributed by atoms with Gasteiger partial charge < -0.3 is 24.3 Å². The van der Waals surface area contributed by atoms with Crippen molar-refractivity contribution >= 4 is 14.4 Å². The van der Waals surface area contributed by atoms with Gasteiger partial charge in [-0.15, -0.1) is 0 Å². The molecule has 6 nitrogen and oxygen atoms in total. The third kappa shape index (κ3) is 4.99. The van der Waals surface area contributed by atoms with E-state index in [4.69, 9.17) is 9.16 Å². The topological polar surface area (TPSA) is 79.2 Å². The van der Waals surface area contributed by atoms with Gasteiger partial charge in [-0.1, -0.05) is 6.92 Å². The number of aliphatic hydroxyl groups excluding tert-OH is 1. The van der Waals surface area contributed by atoms with Crippen LogP contribution in [0.5, 0.6) is 0 Å². The third-order valence-corrected chi connectivity index (χ3v) is 8.61. The van der Waals surface area contributed by atoms with Gasteiger partial charge in [0.25, 0.3) is 0 Å². The molecule has 3 rings (SSSR count). The maximum Gasteiger partial charge on any atom is 0.410 e. The zero-order valence-electron chi connectivity index (χ0n) is 20.7. The molecular weight excluding hydrogens is 410 g/mol. The Balaban J connectivity index is 1.91. The second kappa shape index (κ2) is 8.62. The maximum absolute atomic E-state index is 12.7. The molecule has 1 amide bonds. The Hall–Kier alpha value is -0.633. The van der Waals surface area contributed by atoms with E-state index in [1.165, 1.54) is 0 Å². The summed E-state index contributed by atoms with van der Waals surface area (Å²) in [7, 11) is -1.85. The molecule has 0 bridgehead atoms. The summed E-state index contributed by atoms with van der Waals surface area (Å²) in [6.07, 6.45) is 4.26. The fourth-order valence-corrected chi connectivity index (χ4v) is 7.79. The van der Waals surface area contributed by atoms with E-state index < -0.39 is 31.0 Å². The van der Waals surface area contributed by atoms with Gasteiger partial charge in [-0.3, -0.25) is 0 Å². The summed E-state index contributed by atoms with van der Waals surface area (Å²) in [6.45, 7) is 15.7. The number of hydrogen-bond donors (Lipinski definition) is 2. The number of hydrogen-bond acceptors (Lipinski definition) is 5. The monoisotopic (exact) mass is 455 g/mol. The Bertz CT molecular complexity index is 659. The average Bonchev–Trinajstić information content (AvgIpc) is 2.82. The van der Waals surface area contributed by atoms with E-state index in [9.17, 15) is 15.0 Å². The molecule has 0 aromatic rings. The minimum Gasteiger partial charge on any atom is -0.444 e. The molecule has 0 unspecified atom stereocenters. The highest BCUT2D eigenvalue weighted by Gasteiger charge is 2.68. The molecule has 2 aliphatic carbocycles. The number of carbonyl (C=O) groups excluding carboxylic acids is 1. The average molecular weight is 456 g/mol. The molecule has 1 spiro atoms. The van der Waals surface area contributed by atoms with Gasteiger partial charge in [-0.25, -0.2) is 4.79 Å². The molecule has 2 saturated carbocycles. The molecule has 180 valence electrons. The number of rotatable bonds is 2.